The van der Waals surface area contributed by atoms with Crippen LogP contribution in [0.4, 0.5) is 4.39 Å². The number of tetrazole rings is 1. The van der Waals surface area contributed by atoms with E-state index in [1.54, 1.807) is 28.6 Å². The smallest absolute Gasteiger partial charge is 0.209 e. The van der Waals surface area contributed by atoms with Crippen LogP contribution >= 0.6 is 11.8 Å². The zero-order chi connectivity index (χ0) is 13.5. The van der Waals surface area contributed by atoms with Crippen molar-refractivity contribution in [3.63, 3.8) is 0 Å². The summed E-state index contributed by atoms with van der Waals surface area (Å²) in [5, 5.41) is 15.4. The van der Waals surface area contributed by atoms with E-state index in [4.69, 9.17) is 0 Å². The molecule has 0 saturated heterocycles. The van der Waals surface area contributed by atoms with Crippen molar-refractivity contribution in [1.82, 2.24) is 25.5 Å². The summed E-state index contributed by atoms with van der Waals surface area (Å²) in [5.74, 6) is 0.766. The van der Waals surface area contributed by atoms with E-state index in [0.29, 0.717) is 0 Å². The molecule has 0 amide bonds. The number of halogens is 2. The molecule has 1 N–H and O–H groups in total. The largest absolute Gasteiger partial charge is 1.00 e. The Morgan fingerprint density at radius 1 is 1.30 bits per heavy atom. The molecular formula is C12H16ClFN5S-. The topological polar surface area (TPSA) is 55.6 Å². The van der Waals surface area contributed by atoms with Gasteiger partial charge in [-0.3, -0.25) is 0 Å². The van der Waals surface area contributed by atoms with Crippen molar-refractivity contribution >= 4 is 11.8 Å². The van der Waals surface area contributed by atoms with Gasteiger partial charge in [-0.25, -0.2) is 9.07 Å². The van der Waals surface area contributed by atoms with Crippen LogP contribution in [0.1, 0.15) is 12.0 Å². The second-order valence-corrected chi connectivity index (χ2v) is 5.15. The summed E-state index contributed by atoms with van der Waals surface area (Å²) in [6.45, 7) is 1.67. The molecule has 0 radical (unpaired) electrons. The minimum atomic E-state index is -0.197. The first kappa shape index (κ1) is 16.9. The Balaban J connectivity index is 0.00000200. The van der Waals surface area contributed by atoms with Crippen molar-refractivity contribution in [1.29, 1.82) is 0 Å². The molecule has 0 bridgehead atoms. The molecule has 0 spiro atoms. The molecule has 0 atom stereocenters. The third-order valence-electron chi connectivity index (χ3n) is 2.55. The summed E-state index contributed by atoms with van der Waals surface area (Å²) in [7, 11) is 1.83. The Bertz CT molecular complexity index is 505. The zero-order valence-corrected chi connectivity index (χ0v) is 12.7. The molecule has 5 nitrogen and oxygen atoms in total. The number of hydrogen-bond donors (Lipinski definition) is 1. The van der Waals surface area contributed by atoms with Gasteiger partial charge < -0.3 is 17.7 Å². The number of aromatic nitrogens is 4. The van der Waals surface area contributed by atoms with Gasteiger partial charge in [-0.1, -0.05) is 23.9 Å². The Labute approximate surface area is 127 Å². The number of benzene rings is 1. The Kier molecular flexibility index (Phi) is 7.50. The first-order valence-corrected chi connectivity index (χ1v) is 7.04. The Hall–Kier alpha value is -1.18. The average Bonchev–Trinajstić information content (AvgIpc) is 2.81. The van der Waals surface area contributed by atoms with Crippen molar-refractivity contribution in [2.75, 3.05) is 12.3 Å². The normalized spacial score (nSPS) is 10.3. The molecule has 0 aliphatic carbocycles. The van der Waals surface area contributed by atoms with Crippen molar-refractivity contribution in [3.05, 3.63) is 35.6 Å². The van der Waals surface area contributed by atoms with Crippen LogP contribution in [0.5, 0.6) is 0 Å². The predicted octanol–water partition coefficient (Wildman–Crippen LogP) is -1.37. The van der Waals surface area contributed by atoms with Crippen LogP contribution in [0.25, 0.3) is 0 Å². The molecule has 1 aromatic carbocycles. The maximum absolute atomic E-state index is 12.7. The minimum Gasteiger partial charge on any atom is -1.00 e. The predicted molar refractivity (Wildman–Crippen MR) is 72.2 cm³/mol. The van der Waals surface area contributed by atoms with Crippen LogP contribution in [-0.4, -0.2) is 32.5 Å². The molecule has 110 valence electrons. The molecule has 1 heterocycles. The molecule has 8 heteroatoms. The monoisotopic (exact) mass is 316 g/mol. The van der Waals surface area contributed by atoms with Crippen LogP contribution < -0.4 is 17.7 Å². The van der Waals surface area contributed by atoms with Gasteiger partial charge in [0.25, 0.3) is 0 Å². The van der Waals surface area contributed by atoms with E-state index in [-0.39, 0.29) is 18.2 Å². The lowest BCUT2D eigenvalue weighted by Gasteiger charge is -2.04. The first-order valence-electron chi connectivity index (χ1n) is 6.06. The Morgan fingerprint density at radius 3 is 2.70 bits per heavy atom. The molecule has 0 aliphatic rings. The lowest BCUT2D eigenvalue weighted by atomic mass is 10.2. The second-order valence-electron chi connectivity index (χ2n) is 4.09. The van der Waals surface area contributed by atoms with Crippen molar-refractivity contribution in [2.45, 2.75) is 18.1 Å². The average molecular weight is 317 g/mol. The van der Waals surface area contributed by atoms with Crippen LogP contribution in [0.3, 0.4) is 0 Å². The quantitative estimate of drug-likeness (QED) is 0.504. The molecule has 2 rings (SSSR count). The number of hydrogen-bond acceptors (Lipinski definition) is 5. The lowest BCUT2D eigenvalue weighted by Crippen LogP contribution is -3.00. The maximum atomic E-state index is 12.7. The van der Waals surface area contributed by atoms with Gasteiger partial charge in [0.2, 0.25) is 5.16 Å². The molecular weight excluding hydrogens is 301 g/mol. The van der Waals surface area contributed by atoms with Crippen LogP contribution in [-0.2, 0) is 13.6 Å². The summed E-state index contributed by atoms with van der Waals surface area (Å²) in [5.41, 5.74) is 1.09. The maximum Gasteiger partial charge on any atom is 0.209 e. The number of thioether (sulfide) groups is 1. The van der Waals surface area contributed by atoms with Crippen LogP contribution in [0, 0.1) is 5.82 Å². The van der Waals surface area contributed by atoms with Gasteiger partial charge in [-0.05, 0) is 41.1 Å². The number of aryl methyl sites for hydroxylation is 1. The van der Waals surface area contributed by atoms with Gasteiger partial charge in [0, 0.05) is 19.3 Å². The fourth-order valence-electron chi connectivity index (χ4n) is 1.54. The zero-order valence-electron chi connectivity index (χ0n) is 11.1. The Morgan fingerprint density at radius 2 is 2.05 bits per heavy atom. The van der Waals surface area contributed by atoms with Gasteiger partial charge in [0.05, 0.1) is 0 Å². The van der Waals surface area contributed by atoms with Gasteiger partial charge in [0.15, 0.2) is 0 Å². The van der Waals surface area contributed by atoms with E-state index in [1.807, 2.05) is 7.05 Å². The van der Waals surface area contributed by atoms with E-state index in [0.717, 1.165) is 36.0 Å². The third kappa shape index (κ3) is 5.44. The standard InChI is InChI=1S/C12H16FN5S.ClH/c1-18-12(15-16-17-18)19-8-2-7-14-9-10-3-5-11(13)6-4-10;/h3-6,14H,2,7-9H2,1H3;1H/p-1. The van der Waals surface area contributed by atoms with Crippen LogP contribution in [0.2, 0.25) is 0 Å². The number of nitrogens with zero attached hydrogens (tertiary/aromatic N) is 4. The summed E-state index contributed by atoms with van der Waals surface area (Å²) in [6.07, 6.45) is 1.03. The third-order valence-corrected chi connectivity index (χ3v) is 3.65. The summed E-state index contributed by atoms with van der Waals surface area (Å²) in [6, 6.07) is 6.55. The highest BCUT2D eigenvalue weighted by atomic mass is 35.5. The summed E-state index contributed by atoms with van der Waals surface area (Å²) >= 11 is 1.64. The van der Waals surface area contributed by atoms with E-state index in [1.165, 1.54) is 12.1 Å². The van der Waals surface area contributed by atoms with Crippen molar-refractivity contribution < 1.29 is 16.8 Å². The SMILES string of the molecule is Cn1nnnc1SCCCNCc1ccc(F)cc1.[Cl-]. The molecule has 0 fully saturated rings. The molecule has 20 heavy (non-hydrogen) atoms. The highest BCUT2D eigenvalue weighted by Crippen LogP contribution is 2.12. The molecule has 0 saturated carbocycles. The number of rotatable bonds is 7. The van der Waals surface area contributed by atoms with Gasteiger partial charge in [-0.2, -0.15) is 0 Å². The van der Waals surface area contributed by atoms with Gasteiger partial charge in [-0.15, -0.1) is 5.10 Å². The van der Waals surface area contributed by atoms with E-state index >= 15 is 0 Å². The van der Waals surface area contributed by atoms with E-state index in [2.05, 4.69) is 20.8 Å². The lowest BCUT2D eigenvalue weighted by molar-refractivity contribution is -0.00000475. The fraction of sp³-hybridized carbons (Fsp3) is 0.417. The van der Waals surface area contributed by atoms with E-state index in [9.17, 15) is 4.39 Å². The van der Waals surface area contributed by atoms with Crippen molar-refractivity contribution in [2.24, 2.45) is 7.05 Å². The van der Waals surface area contributed by atoms with E-state index < -0.39 is 0 Å². The fourth-order valence-corrected chi connectivity index (χ4v) is 2.33. The van der Waals surface area contributed by atoms with Crippen molar-refractivity contribution in [3.8, 4) is 0 Å². The molecule has 1 aromatic heterocycles. The van der Waals surface area contributed by atoms with Crippen LogP contribution in [0.15, 0.2) is 29.4 Å². The minimum absolute atomic E-state index is 0. The molecule has 0 unspecified atom stereocenters. The molecule has 2 aromatic rings. The first-order chi connectivity index (χ1) is 9.25. The summed E-state index contributed by atoms with van der Waals surface area (Å²) in [4.78, 5) is 0. The highest BCUT2D eigenvalue weighted by Gasteiger charge is 2.01. The van der Waals surface area contributed by atoms with Gasteiger partial charge in [0.1, 0.15) is 5.82 Å². The van der Waals surface area contributed by atoms with Gasteiger partial charge >= 0.3 is 0 Å². The second kappa shape index (κ2) is 8.89. The summed E-state index contributed by atoms with van der Waals surface area (Å²) < 4.78 is 14.4. The highest BCUT2D eigenvalue weighted by molar-refractivity contribution is 7.99. The number of nitrogens with one attached hydrogen (secondary N) is 1. The molecule has 0 aliphatic heterocycles.